The van der Waals surface area contributed by atoms with Gasteiger partial charge in [-0.1, -0.05) is 0 Å². The Hall–Kier alpha value is -3.16. The van der Waals surface area contributed by atoms with Crippen LogP contribution in [0.1, 0.15) is 32.2 Å². The normalized spacial score (nSPS) is 12.4. The molecule has 8 nitrogen and oxygen atoms in total. The van der Waals surface area contributed by atoms with Crippen LogP contribution in [0.15, 0.2) is 22.6 Å². The third kappa shape index (κ3) is 3.37. The van der Waals surface area contributed by atoms with E-state index in [0.29, 0.717) is 47.5 Å². The largest absolute Gasteiger partial charge is 0.493 e. The van der Waals surface area contributed by atoms with E-state index in [1.54, 1.807) is 19.9 Å². The molecule has 0 saturated carbocycles. The number of ether oxygens (including phenoxy) is 3. The molecule has 25 heavy (non-hydrogen) atoms. The van der Waals surface area contributed by atoms with Crippen molar-refractivity contribution in [2.45, 2.75) is 13.8 Å². The SMILES string of the molecule is COc1cc(C(=O)NNC(=O)c2cc(C)oc2C)cc2c1OCCO2. The molecule has 0 fully saturated rings. The molecule has 8 heteroatoms. The van der Waals surface area contributed by atoms with Gasteiger partial charge in [0.25, 0.3) is 11.8 Å². The third-order valence-electron chi connectivity index (χ3n) is 3.67. The molecule has 0 bridgehead atoms. The number of hydrogen-bond acceptors (Lipinski definition) is 6. The summed E-state index contributed by atoms with van der Waals surface area (Å²) in [4.78, 5) is 24.4. The van der Waals surface area contributed by atoms with E-state index in [-0.39, 0.29) is 5.56 Å². The van der Waals surface area contributed by atoms with Crippen LogP contribution in [0.25, 0.3) is 0 Å². The second-order valence-electron chi connectivity index (χ2n) is 5.44. The van der Waals surface area contributed by atoms with E-state index in [0.717, 1.165) is 0 Å². The van der Waals surface area contributed by atoms with Crippen LogP contribution in [-0.2, 0) is 0 Å². The summed E-state index contributed by atoms with van der Waals surface area (Å²) in [5.74, 6) is 1.38. The van der Waals surface area contributed by atoms with Crippen LogP contribution in [0.4, 0.5) is 0 Å². The smallest absolute Gasteiger partial charge is 0.273 e. The molecule has 2 aromatic rings. The average Bonchev–Trinajstić information content (AvgIpc) is 2.96. The highest BCUT2D eigenvalue weighted by atomic mass is 16.6. The van der Waals surface area contributed by atoms with Gasteiger partial charge >= 0.3 is 0 Å². The lowest BCUT2D eigenvalue weighted by Crippen LogP contribution is -2.41. The highest BCUT2D eigenvalue weighted by Crippen LogP contribution is 2.40. The summed E-state index contributed by atoms with van der Waals surface area (Å²) in [6.45, 7) is 4.21. The number of furan rings is 1. The lowest BCUT2D eigenvalue weighted by atomic mass is 10.1. The zero-order chi connectivity index (χ0) is 18.0. The second kappa shape index (κ2) is 6.76. The van der Waals surface area contributed by atoms with Crippen molar-refractivity contribution in [3.05, 3.63) is 40.8 Å². The molecule has 1 aliphatic rings. The molecule has 1 aromatic heterocycles. The van der Waals surface area contributed by atoms with Gasteiger partial charge in [0.1, 0.15) is 24.7 Å². The average molecular weight is 346 g/mol. The van der Waals surface area contributed by atoms with Gasteiger partial charge in [-0.05, 0) is 32.0 Å². The third-order valence-corrected chi connectivity index (χ3v) is 3.67. The number of rotatable bonds is 3. The molecule has 2 amide bonds. The molecule has 2 heterocycles. The van der Waals surface area contributed by atoms with Crippen LogP contribution >= 0.6 is 0 Å². The Morgan fingerprint density at radius 1 is 1.04 bits per heavy atom. The first-order valence-electron chi connectivity index (χ1n) is 7.65. The number of hydrogen-bond donors (Lipinski definition) is 2. The Morgan fingerprint density at radius 3 is 2.44 bits per heavy atom. The molecule has 1 aromatic carbocycles. The van der Waals surface area contributed by atoms with Crippen LogP contribution in [0.3, 0.4) is 0 Å². The first-order chi connectivity index (χ1) is 12.0. The van der Waals surface area contributed by atoms with Crippen LogP contribution in [0.2, 0.25) is 0 Å². The minimum absolute atomic E-state index is 0.265. The predicted octanol–water partition coefficient (Wildman–Crippen LogP) is 1.75. The second-order valence-corrected chi connectivity index (χ2v) is 5.44. The van der Waals surface area contributed by atoms with E-state index in [2.05, 4.69) is 10.9 Å². The summed E-state index contributed by atoms with van der Waals surface area (Å²) < 4.78 is 21.5. The van der Waals surface area contributed by atoms with Crippen LogP contribution < -0.4 is 25.1 Å². The van der Waals surface area contributed by atoms with E-state index in [9.17, 15) is 9.59 Å². The van der Waals surface area contributed by atoms with Crippen molar-refractivity contribution < 1.29 is 28.2 Å². The highest BCUT2D eigenvalue weighted by Gasteiger charge is 2.21. The molecule has 1 aliphatic heterocycles. The van der Waals surface area contributed by atoms with Gasteiger partial charge < -0.3 is 18.6 Å². The van der Waals surface area contributed by atoms with Crippen molar-refractivity contribution in [1.82, 2.24) is 10.9 Å². The molecule has 0 radical (unpaired) electrons. The van der Waals surface area contributed by atoms with Crippen LogP contribution in [0, 0.1) is 13.8 Å². The Balaban J connectivity index is 1.73. The zero-order valence-electron chi connectivity index (χ0n) is 14.1. The summed E-state index contributed by atoms with van der Waals surface area (Å²) >= 11 is 0. The number of benzene rings is 1. The predicted molar refractivity (Wildman–Crippen MR) is 87.1 cm³/mol. The van der Waals surface area contributed by atoms with Gasteiger partial charge in [-0.3, -0.25) is 20.4 Å². The Bertz CT molecular complexity index is 810. The Labute approximate surface area is 144 Å². The van der Waals surface area contributed by atoms with Crippen molar-refractivity contribution in [2.75, 3.05) is 20.3 Å². The molecule has 0 spiro atoms. The van der Waals surface area contributed by atoms with Crippen molar-refractivity contribution in [3.63, 3.8) is 0 Å². The van der Waals surface area contributed by atoms with Gasteiger partial charge in [-0.25, -0.2) is 0 Å². The summed E-state index contributed by atoms with van der Waals surface area (Å²) in [6.07, 6.45) is 0. The highest BCUT2D eigenvalue weighted by molar-refractivity contribution is 6.00. The van der Waals surface area contributed by atoms with E-state index < -0.39 is 11.8 Å². The lowest BCUT2D eigenvalue weighted by Gasteiger charge is -2.21. The number of hydrazine groups is 1. The quantitative estimate of drug-likeness (QED) is 0.822. The molecule has 0 saturated heterocycles. The molecule has 2 N–H and O–H groups in total. The summed E-state index contributed by atoms with van der Waals surface area (Å²) in [7, 11) is 1.47. The van der Waals surface area contributed by atoms with Gasteiger partial charge in [0.15, 0.2) is 11.5 Å². The maximum atomic E-state index is 12.3. The van der Waals surface area contributed by atoms with E-state index in [1.807, 2.05) is 0 Å². The fourth-order valence-corrected chi connectivity index (χ4v) is 2.51. The van der Waals surface area contributed by atoms with Gasteiger partial charge in [-0.2, -0.15) is 0 Å². The number of fused-ring (bicyclic) bond motifs is 1. The van der Waals surface area contributed by atoms with Gasteiger partial charge in [-0.15, -0.1) is 0 Å². The number of methoxy groups -OCH3 is 1. The summed E-state index contributed by atoms with van der Waals surface area (Å²) in [6, 6.07) is 4.65. The van der Waals surface area contributed by atoms with E-state index in [1.165, 1.54) is 19.2 Å². The van der Waals surface area contributed by atoms with Crippen molar-refractivity contribution >= 4 is 11.8 Å². The van der Waals surface area contributed by atoms with Gasteiger partial charge in [0.2, 0.25) is 5.75 Å². The fraction of sp³-hybridized carbons (Fsp3) is 0.294. The monoisotopic (exact) mass is 346 g/mol. The maximum absolute atomic E-state index is 12.3. The van der Waals surface area contributed by atoms with Crippen molar-refractivity contribution in [3.8, 4) is 17.2 Å². The van der Waals surface area contributed by atoms with Crippen molar-refractivity contribution in [1.29, 1.82) is 0 Å². The number of carbonyl (C=O) groups excluding carboxylic acids is 2. The van der Waals surface area contributed by atoms with Gasteiger partial charge in [0, 0.05) is 5.56 Å². The van der Waals surface area contributed by atoms with Gasteiger partial charge in [0.05, 0.1) is 12.7 Å². The first-order valence-corrected chi connectivity index (χ1v) is 7.65. The maximum Gasteiger partial charge on any atom is 0.273 e. The topological polar surface area (TPSA) is 99.0 Å². The minimum atomic E-state index is -0.513. The molecule has 0 aliphatic carbocycles. The minimum Gasteiger partial charge on any atom is -0.493 e. The number of nitrogens with one attached hydrogen (secondary N) is 2. The lowest BCUT2D eigenvalue weighted by molar-refractivity contribution is 0.0845. The number of carbonyl (C=O) groups is 2. The molecule has 3 rings (SSSR count). The number of amides is 2. The first kappa shape index (κ1) is 16.7. The van der Waals surface area contributed by atoms with Crippen LogP contribution in [0.5, 0.6) is 17.2 Å². The van der Waals surface area contributed by atoms with Crippen molar-refractivity contribution in [2.24, 2.45) is 0 Å². The zero-order valence-corrected chi connectivity index (χ0v) is 14.1. The molecule has 0 unspecified atom stereocenters. The standard InChI is InChI=1S/C17H18N2O6/c1-9-6-12(10(2)25-9)17(21)19-18-16(20)11-7-13(22-3)15-14(8-11)23-4-5-24-15/h6-8H,4-5H2,1-3H3,(H,18,20)(H,19,21). The van der Waals surface area contributed by atoms with Crippen LogP contribution in [-0.4, -0.2) is 32.1 Å². The Kier molecular flexibility index (Phi) is 4.51. The molecular formula is C17H18N2O6. The fourth-order valence-electron chi connectivity index (χ4n) is 2.51. The molecule has 0 atom stereocenters. The number of aryl methyl sites for hydroxylation is 2. The molecule has 132 valence electrons. The Morgan fingerprint density at radius 2 is 1.76 bits per heavy atom. The molecular weight excluding hydrogens is 328 g/mol. The van der Waals surface area contributed by atoms with E-state index in [4.69, 9.17) is 18.6 Å². The van der Waals surface area contributed by atoms with E-state index >= 15 is 0 Å². The summed E-state index contributed by atoms with van der Waals surface area (Å²) in [5.41, 5.74) is 5.34. The summed E-state index contributed by atoms with van der Waals surface area (Å²) in [5, 5.41) is 0.